The highest BCUT2D eigenvalue weighted by atomic mass is 16.6. The zero-order valence-corrected chi connectivity index (χ0v) is 27.8. The third-order valence-electron chi connectivity index (χ3n) is 12.8. The van der Waals surface area contributed by atoms with E-state index in [0.29, 0.717) is 17.9 Å². The number of ether oxygens (including phenoxy) is 7. The Labute approximate surface area is 270 Å². The number of benzene rings is 1. The topological polar surface area (TPSA) is 122 Å². The van der Waals surface area contributed by atoms with Crippen molar-refractivity contribution in [3.8, 4) is 5.75 Å². The van der Waals surface area contributed by atoms with Crippen LogP contribution in [-0.2, 0) is 33.2 Å². The Bertz CT molecular complexity index is 1400. The molecule has 7 bridgehead atoms. The molecule has 1 N–H and O–H groups in total. The predicted molar refractivity (Wildman–Crippen MR) is 164 cm³/mol. The molecule has 1 saturated heterocycles. The van der Waals surface area contributed by atoms with Gasteiger partial charge in [0, 0.05) is 83.0 Å². The van der Waals surface area contributed by atoms with E-state index in [-0.39, 0.29) is 48.8 Å². The zero-order valence-electron chi connectivity index (χ0n) is 27.8. The maximum absolute atomic E-state index is 13.9. The van der Waals surface area contributed by atoms with Crippen molar-refractivity contribution in [3.63, 3.8) is 0 Å². The minimum atomic E-state index is -1.54. The molecule has 11 nitrogen and oxygen atoms in total. The van der Waals surface area contributed by atoms with Crippen LogP contribution in [0.25, 0.3) is 0 Å². The van der Waals surface area contributed by atoms with Crippen molar-refractivity contribution in [2.45, 2.75) is 68.3 Å². The summed E-state index contributed by atoms with van der Waals surface area (Å²) in [5.74, 6) is -1.63. The summed E-state index contributed by atoms with van der Waals surface area (Å²) in [6.45, 7) is 5.56. The van der Waals surface area contributed by atoms with Crippen LogP contribution >= 0.6 is 0 Å². The first-order valence-electron chi connectivity index (χ1n) is 16.3. The normalized spacial score (nSPS) is 46.2. The SMILES string of the molecule is CCN1CC2(COC)C=CC(OC)C34C5C[C@@]6(O)C(OC(=O)c7ccc(OC)cc7)C5[C@](OC(C)=O)(C[C@@H]6OC)C(C(OC)C23)C14. The van der Waals surface area contributed by atoms with Crippen LogP contribution in [0.2, 0.25) is 0 Å². The van der Waals surface area contributed by atoms with Gasteiger partial charge in [-0.25, -0.2) is 4.79 Å². The Morgan fingerprint density at radius 2 is 1.74 bits per heavy atom. The first-order chi connectivity index (χ1) is 22.1. The summed E-state index contributed by atoms with van der Waals surface area (Å²) in [4.78, 5) is 29.6. The summed E-state index contributed by atoms with van der Waals surface area (Å²) in [6.07, 6.45) is 2.50. The molecule has 46 heavy (non-hydrogen) atoms. The monoisotopic (exact) mass is 641 g/mol. The van der Waals surface area contributed by atoms with E-state index in [4.69, 9.17) is 33.2 Å². The molecule has 7 rings (SSSR count). The Morgan fingerprint density at radius 1 is 1.00 bits per heavy atom. The molecule has 1 spiro atoms. The first kappa shape index (κ1) is 32.0. The molecule has 10 unspecified atom stereocenters. The quantitative estimate of drug-likeness (QED) is 0.300. The molecule has 11 heteroatoms. The number of carbonyl (C=O) groups excluding carboxylic acids is 2. The lowest BCUT2D eigenvalue weighted by atomic mass is 9.44. The van der Waals surface area contributed by atoms with Gasteiger partial charge in [-0.15, -0.1) is 0 Å². The van der Waals surface area contributed by atoms with Crippen molar-refractivity contribution >= 4 is 11.9 Å². The maximum Gasteiger partial charge on any atom is 0.338 e. The number of methoxy groups -OCH3 is 5. The number of hydrogen-bond donors (Lipinski definition) is 1. The van der Waals surface area contributed by atoms with Crippen LogP contribution in [0, 0.1) is 34.5 Å². The van der Waals surface area contributed by atoms with Crippen molar-refractivity contribution in [3.05, 3.63) is 42.0 Å². The fourth-order valence-corrected chi connectivity index (χ4v) is 11.9. The fourth-order valence-electron chi connectivity index (χ4n) is 11.9. The van der Waals surface area contributed by atoms with Gasteiger partial charge in [0.25, 0.3) is 0 Å². The summed E-state index contributed by atoms with van der Waals surface area (Å²) in [5, 5.41) is 12.8. The van der Waals surface area contributed by atoms with Crippen LogP contribution in [0.3, 0.4) is 0 Å². The van der Waals surface area contributed by atoms with Gasteiger partial charge in [-0.2, -0.15) is 0 Å². The van der Waals surface area contributed by atoms with Gasteiger partial charge in [0.15, 0.2) is 0 Å². The van der Waals surface area contributed by atoms with E-state index in [1.165, 1.54) is 6.92 Å². The summed E-state index contributed by atoms with van der Waals surface area (Å²) in [5.41, 5.74) is -3.36. The molecule has 1 heterocycles. The smallest absolute Gasteiger partial charge is 0.338 e. The fraction of sp³-hybridized carbons (Fsp3) is 0.714. The number of piperidine rings is 1. The van der Waals surface area contributed by atoms with Gasteiger partial charge in [0.1, 0.15) is 23.1 Å². The van der Waals surface area contributed by atoms with E-state index in [1.54, 1.807) is 59.8 Å². The van der Waals surface area contributed by atoms with Gasteiger partial charge < -0.3 is 38.3 Å². The van der Waals surface area contributed by atoms with Crippen molar-refractivity contribution in [1.29, 1.82) is 0 Å². The van der Waals surface area contributed by atoms with Crippen LogP contribution < -0.4 is 4.74 Å². The lowest BCUT2D eigenvalue weighted by Gasteiger charge is -2.67. The lowest BCUT2D eigenvalue weighted by Crippen LogP contribution is -2.76. The van der Waals surface area contributed by atoms with E-state index >= 15 is 0 Å². The van der Waals surface area contributed by atoms with Crippen molar-refractivity contribution in [2.75, 3.05) is 55.2 Å². The Balaban J connectivity index is 1.46. The average molecular weight is 642 g/mol. The van der Waals surface area contributed by atoms with E-state index in [0.717, 1.165) is 13.1 Å². The van der Waals surface area contributed by atoms with Crippen LogP contribution in [0.1, 0.15) is 37.0 Å². The number of aliphatic hydroxyl groups is 1. The number of fused-ring (bicyclic) bond motifs is 2. The molecule has 4 saturated carbocycles. The van der Waals surface area contributed by atoms with Crippen LogP contribution in [-0.4, -0.2) is 119 Å². The minimum absolute atomic E-state index is 0.0815. The average Bonchev–Trinajstić information content (AvgIpc) is 3.42. The summed E-state index contributed by atoms with van der Waals surface area (Å²) < 4.78 is 43.3. The number of likely N-dealkylation sites (tertiary alicyclic amines) is 1. The van der Waals surface area contributed by atoms with Gasteiger partial charge in [-0.05, 0) is 43.1 Å². The number of esters is 2. The van der Waals surface area contributed by atoms with Crippen molar-refractivity contribution < 1.29 is 47.9 Å². The maximum atomic E-state index is 13.9. The second-order valence-corrected chi connectivity index (χ2v) is 14.3. The van der Waals surface area contributed by atoms with Crippen LogP contribution in [0.5, 0.6) is 5.75 Å². The first-order valence-corrected chi connectivity index (χ1v) is 16.3. The predicted octanol–water partition coefficient (Wildman–Crippen LogP) is 2.49. The highest BCUT2D eigenvalue weighted by Crippen LogP contribution is 2.79. The largest absolute Gasteiger partial charge is 0.497 e. The van der Waals surface area contributed by atoms with Gasteiger partial charge in [0.05, 0.1) is 37.6 Å². The van der Waals surface area contributed by atoms with E-state index < -0.39 is 52.1 Å². The highest BCUT2D eigenvalue weighted by molar-refractivity contribution is 5.89. The lowest BCUT2D eigenvalue weighted by molar-refractivity contribution is -0.276. The van der Waals surface area contributed by atoms with Gasteiger partial charge in [-0.1, -0.05) is 19.1 Å². The van der Waals surface area contributed by atoms with Crippen LogP contribution in [0.4, 0.5) is 0 Å². The van der Waals surface area contributed by atoms with Crippen molar-refractivity contribution in [2.24, 2.45) is 34.5 Å². The molecule has 5 fully saturated rings. The number of hydrogen-bond acceptors (Lipinski definition) is 11. The number of nitrogens with zero attached hydrogens (tertiary/aromatic N) is 1. The standard InChI is InChI=1S/C35H47NO10/c1-8-36-17-32(18-40-3)14-13-23(42-5)35-22-15-33(39)24(43-6)16-34(46-19(2)37,26(29(35)36)27(44-7)28(32)35)25(22)30(33)45-31(38)20-9-11-21(41-4)12-10-20/h9-14,22-30,39H,8,15-18H2,1-7H3/t22?,23?,24-,25?,26?,27?,28?,29?,30?,32?,33-,34+,35?/m0/s1. The minimum Gasteiger partial charge on any atom is -0.497 e. The summed E-state index contributed by atoms with van der Waals surface area (Å²) in [7, 11) is 8.31. The summed E-state index contributed by atoms with van der Waals surface area (Å²) >= 11 is 0. The van der Waals surface area contributed by atoms with Gasteiger partial charge in [-0.3, -0.25) is 9.69 Å². The highest BCUT2D eigenvalue weighted by Gasteiger charge is 2.89. The molecular weight excluding hydrogens is 594 g/mol. The molecule has 1 aromatic carbocycles. The molecule has 5 aliphatic carbocycles. The molecule has 1 aromatic rings. The third kappa shape index (κ3) is 3.81. The van der Waals surface area contributed by atoms with E-state index in [9.17, 15) is 14.7 Å². The molecule has 6 aliphatic rings. The van der Waals surface area contributed by atoms with Crippen LogP contribution in [0.15, 0.2) is 36.4 Å². The molecule has 252 valence electrons. The molecule has 0 radical (unpaired) electrons. The van der Waals surface area contributed by atoms with E-state index in [2.05, 4.69) is 24.0 Å². The molecular formula is C35H47NO10. The van der Waals surface area contributed by atoms with Gasteiger partial charge >= 0.3 is 11.9 Å². The molecule has 0 aromatic heterocycles. The third-order valence-corrected chi connectivity index (χ3v) is 12.8. The molecule has 1 aliphatic heterocycles. The van der Waals surface area contributed by atoms with Gasteiger partial charge in [0.2, 0.25) is 0 Å². The zero-order chi connectivity index (χ0) is 32.8. The summed E-state index contributed by atoms with van der Waals surface area (Å²) in [6, 6.07) is 6.58. The van der Waals surface area contributed by atoms with E-state index in [1.807, 2.05) is 0 Å². The Morgan fingerprint density at radius 3 is 2.33 bits per heavy atom. The number of carbonyl (C=O) groups is 2. The molecule has 0 amide bonds. The Hall–Kier alpha value is -2.54. The van der Waals surface area contributed by atoms with Crippen molar-refractivity contribution in [1.82, 2.24) is 4.90 Å². The second kappa shape index (κ2) is 11.0. The second-order valence-electron chi connectivity index (χ2n) is 14.3. The Kier molecular flexibility index (Phi) is 7.66. The molecule has 13 atom stereocenters. The number of rotatable bonds is 10.